The fourth-order valence-electron chi connectivity index (χ4n) is 2.46. The largest absolute Gasteiger partial charge is 0.468 e. The molecule has 3 N–H and O–H groups in total. The number of hydrogen-bond donors (Lipinski definition) is 2. The molecule has 2 aromatic rings. The Labute approximate surface area is 94.2 Å². The molecule has 2 unspecified atom stereocenters. The molecule has 3 heteroatoms. The summed E-state index contributed by atoms with van der Waals surface area (Å²) in [6, 6.07) is 12.4. The van der Waals surface area contributed by atoms with Crippen LogP contribution in [-0.2, 0) is 6.42 Å². The smallest absolute Gasteiger partial charge is 0.122 e. The minimum Gasteiger partial charge on any atom is -0.468 e. The third-order valence-electron chi connectivity index (χ3n) is 3.33. The summed E-state index contributed by atoms with van der Waals surface area (Å²) in [7, 11) is 0. The Morgan fingerprint density at radius 2 is 2.12 bits per heavy atom. The van der Waals surface area contributed by atoms with Gasteiger partial charge in [-0.2, -0.15) is 0 Å². The molecule has 1 aromatic heterocycles. The first-order chi connectivity index (χ1) is 7.90. The van der Waals surface area contributed by atoms with Gasteiger partial charge >= 0.3 is 0 Å². The molecular formula is C13H14N2O. The second-order valence-corrected chi connectivity index (χ2v) is 4.17. The molecule has 0 fully saturated rings. The average Bonchev–Trinajstić information content (AvgIpc) is 2.79. The van der Waals surface area contributed by atoms with Crippen molar-refractivity contribution in [2.24, 2.45) is 5.84 Å². The third-order valence-corrected chi connectivity index (χ3v) is 3.33. The molecule has 2 atom stereocenters. The zero-order chi connectivity index (χ0) is 11.0. The predicted octanol–water partition coefficient (Wildman–Crippen LogP) is 2.12. The van der Waals surface area contributed by atoms with Gasteiger partial charge in [0.2, 0.25) is 0 Å². The lowest BCUT2D eigenvalue weighted by Gasteiger charge is -2.35. The van der Waals surface area contributed by atoms with Crippen molar-refractivity contribution in [2.45, 2.75) is 18.4 Å². The van der Waals surface area contributed by atoms with E-state index in [-0.39, 0.29) is 6.04 Å². The van der Waals surface area contributed by atoms with E-state index in [1.54, 1.807) is 6.26 Å². The van der Waals surface area contributed by atoms with Crippen LogP contribution in [0.4, 0.5) is 0 Å². The Morgan fingerprint density at radius 3 is 2.81 bits per heavy atom. The van der Waals surface area contributed by atoms with Crippen LogP contribution in [0.25, 0.3) is 0 Å². The Morgan fingerprint density at radius 1 is 1.25 bits per heavy atom. The van der Waals surface area contributed by atoms with Crippen molar-refractivity contribution in [3.05, 3.63) is 59.5 Å². The SMILES string of the molecule is NNC(c1ccco1)C1Cc2ccccc21. The lowest BCUT2D eigenvalue weighted by Crippen LogP contribution is -2.36. The van der Waals surface area contributed by atoms with E-state index in [9.17, 15) is 0 Å². The Hall–Kier alpha value is -1.58. The van der Waals surface area contributed by atoms with E-state index in [2.05, 4.69) is 29.7 Å². The van der Waals surface area contributed by atoms with E-state index in [0.717, 1.165) is 12.2 Å². The zero-order valence-corrected chi connectivity index (χ0v) is 8.89. The van der Waals surface area contributed by atoms with E-state index in [0.29, 0.717) is 5.92 Å². The molecule has 3 nitrogen and oxygen atoms in total. The van der Waals surface area contributed by atoms with E-state index >= 15 is 0 Å². The highest BCUT2D eigenvalue weighted by Gasteiger charge is 2.34. The van der Waals surface area contributed by atoms with Crippen LogP contribution in [0.3, 0.4) is 0 Å². The highest BCUT2D eigenvalue weighted by molar-refractivity contribution is 5.42. The Balaban J connectivity index is 1.90. The molecule has 1 heterocycles. The van der Waals surface area contributed by atoms with E-state index < -0.39 is 0 Å². The van der Waals surface area contributed by atoms with Gasteiger partial charge < -0.3 is 4.42 Å². The number of furan rings is 1. The van der Waals surface area contributed by atoms with E-state index in [1.807, 2.05) is 12.1 Å². The number of fused-ring (bicyclic) bond motifs is 1. The molecule has 0 radical (unpaired) electrons. The highest BCUT2D eigenvalue weighted by Crippen LogP contribution is 2.43. The molecule has 0 aliphatic heterocycles. The topological polar surface area (TPSA) is 51.2 Å². The number of hydrazine groups is 1. The minimum absolute atomic E-state index is 0.0740. The van der Waals surface area contributed by atoms with Gasteiger partial charge in [-0.3, -0.25) is 5.84 Å². The minimum atomic E-state index is 0.0740. The van der Waals surface area contributed by atoms with Crippen LogP contribution in [-0.4, -0.2) is 0 Å². The van der Waals surface area contributed by atoms with Crippen molar-refractivity contribution in [3.8, 4) is 0 Å². The highest BCUT2D eigenvalue weighted by atomic mass is 16.3. The van der Waals surface area contributed by atoms with Crippen molar-refractivity contribution in [2.75, 3.05) is 0 Å². The van der Waals surface area contributed by atoms with Crippen molar-refractivity contribution in [3.63, 3.8) is 0 Å². The van der Waals surface area contributed by atoms with Gasteiger partial charge in [-0.1, -0.05) is 24.3 Å². The monoisotopic (exact) mass is 214 g/mol. The predicted molar refractivity (Wildman–Crippen MR) is 61.7 cm³/mol. The maximum Gasteiger partial charge on any atom is 0.122 e. The van der Waals surface area contributed by atoms with Gasteiger partial charge in [-0.05, 0) is 29.7 Å². The van der Waals surface area contributed by atoms with Crippen LogP contribution >= 0.6 is 0 Å². The van der Waals surface area contributed by atoms with Crippen molar-refractivity contribution in [1.82, 2.24) is 5.43 Å². The third kappa shape index (κ3) is 1.37. The maximum absolute atomic E-state index is 5.62. The van der Waals surface area contributed by atoms with Crippen LogP contribution in [0.15, 0.2) is 47.1 Å². The molecule has 3 rings (SSSR count). The van der Waals surface area contributed by atoms with Gasteiger partial charge in [-0.25, -0.2) is 5.43 Å². The number of rotatable bonds is 3. The summed E-state index contributed by atoms with van der Waals surface area (Å²) in [5, 5.41) is 0. The molecule has 0 bridgehead atoms. The molecule has 1 aliphatic carbocycles. The van der Waals surface area contributed by atoms with Gasteiger partial charge in [0.1, 0.15) is 5.76 Å². The molecule has 16 heavy (non-hydrogen) atoms. The fourth-order valence-corrected chi connectivity index (χ4v) is 2.46. The molecule has 1 aromatic carbocycles. The maximum atomic E-state index is 5.62. The second-order valence-electron chi connectivity index (χ2n) is 4.17. The number of nitrogens with two attached hydrogens (primary N) is 1. The summed E-state index contributed by atoms with van der Waals surface area (Å²) in [5.74, 6) is 6.95. The second kappa shape index (κ2) is 3.77. The summed E-state index contributed by atoms with van der Waals surface area (Å²) in [5.41, 5.74) is 5.65. The lowest BCUT2D eigenvalue weighted by atomic mass is 9.73. The zero-order valence-electron chi connectivity index (χ0n) is 8.89. The van der Waals surface area contributed by atoms with Gasteiger partial charge in [0.05, 0.1) is 12.3 Å². The van der Waals surface area contributed by atoms with Gasteiger partial charge in [0.25, 0.3) is 0 Å². The summed E-state index contributed by atoms with van der Waals surface area (Å²) in [4.78, 5) is 0. The van der Waals surface area contributed by atoms with Crippen LogP contribution < -0.4 is 11.3 Å². The quantitative estimate of drug-likeness (QED) is 0.608. The Kier molecular flexibility index (Phi) is 2.27. The number of nitrogens with one attached hydrogen (secondary N) is 1. The number of benzene rings is 1. The summed E-state index contributed by atoms with van der Waals surface area (Å²) < 4.78 is 5.42. The Bertz CT molecular complexity index is 478. The van der Waals surface area contributed by atoms with Crippen molar-refractivity contribution in [1.29, 1.82) is 0 Å². The van der Waals surface area contributed by atoms with Crippen LogP contribution in [0, 0.1) is 0 Å². The number of hydrogen-bond acceptors (Lipinski definition) is 3. The molecular weight excluding hydrogens is 200 g/mol. The molecule has 1 aliphatic rings. The van der Waals surface area contributed by atoms with E-state index in [1.165, 1.54) is 11.1 Å². The molecule has 0 spiro atoms. The van der Waals surface area contributed by atoms with Crippen LogP contribution in [0.2, 0.25) is 0 Å². The van der Waals surface area contributed by atoms with Crippen molar-refractivity contribution < 1.29 is 4.42 Å². The van der Waals surface area contributed by atoms with Crippen molar-refractivity contribution >= 4 is 0 Å². The molecule has 0 amide bonds. The molecule has 0 saturated heterocycles. The standard InChI is InChI=1S/C13H14N2O/c14-15-13(12-6-3-7-16-12)11-8-9-4-1-2-5-10(9)11/h1-7,11,13,15H,8,14H2. The fraction of sp³-hybridized carbons (Fsp3) is 0.231. The van der Waals surface area contributed by atoms with Gasteiger partial charge in [0, 0.05) is 5.92 Å². The first-order valence-electron chi connectivity index (χ1n) is 5.47. The van der Waals surface area contributed by atoms with Gasteiger partial charge in [0.15, 0.2) is 0 Å². The average molecular weight is 214 g/mol. The normalized spacial score (nSPS) is 19.9. The first kappa shape index (κ1) is 9.63. The summed E-state index contributed by atoms with van der Waals surface area (Å²) in [6.45, 7) is 0. The summed E-state index contributed by atoms with van der Waals surface area (Å²) in [6.07, 6.45) is 2.75. The molecule has 82 valence electrons. The van der Waals surface area contributed by atoms with Crippen LogP contribution in [0.1, 0.15) is 28.8 Å². The van der Waals surface area contributed by atoms with E-state index in [4.69, 9.17) is 10.3 Å². The summed E-state index contributed by atoms with van der Waals surface area (Å²) >= 11 is 0. The van der Waals surface area contributed by atoms with Gasteiger partial charge in [-0.15, -0.1) is 0 Å². The first-order valence-corrected chi connectivity index (χ1v) is 5.47. The molecule has 0 saturated carbocycles. The lowest BCUT2D eigenvalue weighted by molar-refractivity contribution is 0.349. The van der Waals surface area contributed by atoms with Crippen LogP contribution in [0.5, 0.6) is 0 Å².